The van der Waals surface area contributed by atoms with Gasteiger partial charge in [-0.15, -0.1) is 0 Å². The van der Waals surface area contributed by atoms with Crippen LogP contribution in [0.2, 0.25) is 0 Å². The number of rotatable bonds is 9. The highest BCUT2D eigenvalue weighted by molar-refractivity contribution is 7.54. The van der Waals surface area contributed by atoms with Crippen LogP contribution in [0.3, 0.4) is 0 Å². The first kappa shape index (κ1) is 23.7. The normalized spacial score (nSPS) is 12.9. The zero-order chi connectivity index (χ0) is 23.5. The number of nitrogens with zero attached hydrogens (tertiary/aromatic N) is 1. The first-order chi connectivity index (χ1) is 15.1. The quantitative estimate of drug-likeness (QED) is 0.211. The first-order valence-electron chi connectivity index (χ1n) is 10.3. The number of anilines is 1. The summed E-state index contributed by atoms with van der Waals surface area (Å²) >= 11 is 0. The van der Waals surface area contributed by atoms with Gasteiger partial charge in [0, 0.05) is 23.4 Å². The predicted octanol–water partition coefficient (Wildman–Crippen LogP) is 6.61. The summed E-state index contributed by atoms with van der Waals surface area (Å²) in [6.07, 6.45) is -0.837. The van der Waals surface area contributed by atoms with E-state index in [2.05, 4.69) is 5.32 Å². The molecule has 0 saturated carbocycles. The Morgan fingerprint density at radius 2 is 1.53 bits per heavy atom. The van der Waals surface area contributed by atoms with Crippen molar-refractivity contribution in [2.75, 3.05) is 5.32 Å². The van der Waals surface area contributed by atoms with Crippen molar-refractivity contribution in [1.82, 2.24) is 0 Å². The molecular formula is C23H27N2O6P. The lowest BCUT2D eigenvalue weighted by Crippen LogP contribution is -2.19. The van der Waals surface area contributed by atoms with Gasteiger partial charge in [-0.2, -0.15) is 0 Å². The second kappa shape index (κ2) is 9.69. The van der Waals surface area contributed by atoms with Crippen molar-refractivity contribution in [3.8, 4) is 5.75 Å². The fourth-order valence-corrected chi connectivity index (χ4v) is 5.82. The van der Waals surface area contributed by atoms with Crippen molar-refractivity contribution >= 4 is 29.7 Å². The molecule has 0 bridgehead atoms. The number of nitro groups is 1. The van der Waals surface area contributed by atoms with Gasteiger partial charge in [0.1, 0.15) is 5.75 Å². The fraction of sp³-hybridized carbons (Fsp3) is 0.304. The highest BCUT2D eigenvalue weighted by Gasteiger charge is 2.41. The summed E-state index contributed by atoms with van der Waals surface area (Å²) in [6.45, 7) is 7.01. The van der Waals surface area contributed by atoms with Crippen LogP contribution >= 0.6 is 7.60 Å². The van der Waals surface area contributed by atoms with Crippen molar-refractivity contribution in [1.29, 1.82) is 0 Å². The molecule has 0 aliphatic heterocycles. The third-order valence-electron chi connectivity index (χ3n) is 4.63. The molecule has 2 N–H and O–H groups in total. The number of hydrogen-bond acceptors (Lipinski definition) is 7. The molecular weight excluding hydrogens is 431 g/mol. The maximum Gasteiger partial charge on any atom is 0.357 e. The molecule has 8 nitrogen and oxygen atoms in total. The number of aromatic hydroxyl groups is 1. The van der Waals surface area contributed by atoms with Crippen LogP contribution in [-0.4, -0.2) is 22.2 Å². The predicted molar refractivity (Wildman–Crippen MR) is 125 cm³/mol. The molecule has 0 aromatic heterocycles. The Morgan fingerprint density at radius 3 is 2.09 bits per heavy atom. The highest BCUT2D eigenvalue weighted by Crippen LogP contribution is 2.64. The van der Waals surface area contributed by atoms with E-state index in [1.54, 1.807) is 33.8 Å². The van der Waals surface area contributed by atoms with Crippen molar-refractivity contribution in [3.05, 3.63) is 76.3 Å². The lowest BCUT2D eigenvalue weighted by molar-refractivity contribution is -0.384. The molecule has 0 spiro atoms. The van der Waals surface area contributed by atoms with Crippen LogP contribution in [0.5, 0.6) is 5.75 Å². The molecule has 0 fully saturated rings. The lowest BCUT2D eigenvalue weighted by Gasteiger charge is -2.32. The van der Waals surface area contributed by atoms with Gasteiger partial charge in [-0.3, -0.25) is 14.7 Å². The van der Waals surface area contributed by atoms with Crippen LogP contribution in [0.1, 0.15) is 39.0 Å². The minimum atomic E-state index is -3.90. The van der Waals surface area contributed by atoms with Gasteiger partial charge < -0.3 is 19.5 Å². The molecule has 1 atom stereocenters. The van der Waals surface area contributed by atoms with Crippen molar-refractivity contribution in [2.24, 2.45) is 0 Å². The number of benzene rings is 3. The van der Waals surface area contributed by atoms with Gasteiger partial charge in [0.25, 0.3) is 5.69 Å². The Kier molecular flexibility index (Phi) is 7.19. The van der Waals surface area contributed by atoms with Gasteiger partial charge in [0.05, 0.1) is 17.1 Å². The fourth-order valence-electron chi connectivity index (χ4n) is 3.45. The van der Waals surface area contributed by atoms with E-state index >= 15 is 0 Å². The summed E-state index contributed by atoms with van der Waals surface area (Å²) in [6, 6.07) is 16.4. The molecule has 3 aromatic carbocycles. The van der Waals surface area contributed by atoms with Crippen molar-refractivity contribution in [2.45, 2.75) is 45.7 Å². The standard InChI is InChI=1S/C23H27N2O6P/c1-15(2)30-32(29,31-16(3)4)23(24-18-10-12-19(13-11-18)25(27)28)22-20-8-6-5-7-17(20)9-14-21(22)26/h5-16,23-24,26H,1-4H3. The first-order valence-corrected chi connectivity index (χ1v) is 11.9. The van der Waals surface area contributed by atoms with Crippen LogP contribution in [-0.2, 0) is 13.6 Å². The SMILES string of the molecule is CC(C)OP(=O)(OC(C)C)C(Nc1ccc([N+](=O)[O-])cc1)c1c(O)ccc2ccccc12. The van der Waals surface area contributed by atoms with Gasteiger partial charge in [-0.25, -0.2) is 0 Å². The van der Waals surface area contributed by atoms with E-state index in [-0.39, 0.29) is 11.4 Å². The summed E-state index contributed by atoms with van der Waals surface area (Å²) in [7, 11) is -3.90. The molecule has 0 radical (unpaired) electrons. The average Bonchev–Trinajstić information content (AvgIpc) is 2.71. The van der Waals surface area contributed by atoms with Gasteiger partial charge in [-0.1, -0.05) is 30.3 Å². The third kappa shape index (κ3) is 5.27. The van der Waals surface area contributed by atoms with E-state index < -0.39 is 30.5 Å². The van der Waals surface area contributed by atoms with Gasteiger partial charge in [0.15, 0.2) is 5.78 Å². The Hall–Kier alpha value is -2.93. The van der Waals surface area contributed by atoms with Crippen LogP contribution in [0.25, 0.3) is 10.8 Å². The van der Waals surface area contributed by atoms with Gasteiger partial charge in [0.2, 0.25) is 0 Å². The van der Waals surface area contributed by atoms with E-state index in [0.717, 1.165) is 5.39 Å². The zero-order valence-electron chi connectivity index (χ0n) is 18.4. The smallest absolute Gasteiger partial charge is 0.357 e. The Morgan fingerprint density at radius 1 is 0.938 bits per heavy atom. The van der Waals surface area contributed by atoms with Gasteiger partial charge in [-0.05, 0) is 56.7 Å². The summed E-state index contributed by atoms with van der Waals surface area (Å²) in [4.78, 5) is 10.5. The van der Waals surface area contributed by atoms with E-state index in [9.17, 15) is 19.8 Å². The number of nitrogens with one attached hydrogen (secondary N) is 1. The number of phenols is 1. The molecule has 3 rings (SSSR count). The topological polar surface area (TPSA) is 111 Å². The zero-order valence-corrected chi connectivity index (χ0v) is 19.3. The summed E-state index contributed by atoms with van der Waals surface area (Å²) in [5.41, 5.74) is 0.763. The summed E-state index contributed by atoms with van der Waals surface area (Å²) < 4.78 is 25.9. The van der Waals surface area contributed by atoms with Crippen LogP contribution in [0, 0.1) is 10.1 Å². The molecule has 170 valence electrons. The minimum absolute atomic E-state index is 0.0666. The number of hydrogen-bond donors (Lipinski definition) is 2. The second-order valence-corrected chi connectivity index (χ2v) is 9.94. The molecule has 0 saturated heterocycles. The molecule has 3 aromatic rings. The van der Waals surface area contributed by atoms with Crippen LogP contribution in [0.15, 0.2) is 60.7 Å². The number of non-ortho nitro benzene ring substituents is 1. The highest BCUT2D eigenvalue weighted by atomic mass is 31.2. The average molecular weight is 458 g/mol. The van der Waals surface area contributed by atoms with E-state index in [0.29, 0.717) is 16.6 Å². The molecule has 1 unspecified atom stereocenters. The maximum atomic E-state index is 14.2. The van der Waals surface area contributed by atoms with E-state index in [1.807, 2.05) is 24.3 Å². The summed E-state index contributed by atoms with van der Waals surface area (Å²) in [5, 5.41) is 26.5. The Bertz CT molecular complexity index is 1130. The van der Waals surface area contributed by atoms with Crippen molar-refractivity contribution < 1.29 is 23.6 Å². The van der Waals surface area contributed by atoms with E-state index in [4.69, 9.17) is 9.05 Å². The Balaban J connectivity index is 2.20. The number of fused-ring (bicyclic) bond motifs is 1. The molecule has 0 amide bonds. The van der Waals surface area contributed by atoms with E-state index in [1.165, 1.54) is 30.3 Å². The molecule has 0 aliphatic carbocycles. The third-order valence-corrected chi connectivity index (χ3v) is 7.09. The van der Waals surface area contributed by atoms with Crippen LogP contribution in [0.4, 0.5) is 11.4 Å². The summed E-state index contributed by atoms with van der Waals surface area (Å²) in [5.74, 6) is -1.14. The minimum Gasteiger partial charge on any atom is -0.508 e. The molecule has 0 heterocycles. The monoisotopic (exact) mass is 458 g/mol. The number of nitro benzene ring substituents is 1. The largest absolute Gasteiger partial charge is 0.508 e. The van der Waals surface area contributed by atoms with Crippen LogP contribution < -0.4 is 5.32 Å². The maximum absolute atomic E-state index is 14.2. The van der Waals surface area contributed by atoms with Crippen molar-refractivity contribution in [3.63, 3.8) is 0 Å². The second-order valence-electron chi connectivity index (χ2n) is 7.92. The lowest BCUT2D eigenvalue weighted by atomic mass is 10.0. The molecule has 9 heteroatoms. The number of phenolic OH excluding ortho intramolecular Hbond substituents is 1. The molecule has 0 aliphatic rings. The van der Waals surface area contributed by atoms with Gasteiger partial charge >= 0.3 is 7.60 Å². The Labute approximate surface area is 186 Å². The molecule has 32 heavy (non-hydrogen) atoms.